The Hall–Kier alpha value is -2.60. The highest BCUT2D eigenvalue weighted by Crippen LogP contribution is 2.59. The van der Waals surface area contributed by atoms with Crippen LogP contribution in [0.3, 0.4) is 0 Å². The van der Waals surface area contributed by atoms with Crippen LogP contribution in [0.5, 0.6) is 28.7 Å². The lowest BCUT2D eigenvalue weighted by molar-refractivity contribution is 0.222. The van der Waals surface area contributed by atoms with Crippen LogP contribution >= 0.6 is 0 Å². The van der Waals surface area contributed by atoms with E-state index in [0.717, 1.165) is 42.0 Å². The topological polar surface area (TPSA) is 49.4 Å². The minimum absolute atomic E-state index is 0.248. The molecule has 4 rings (SSSR count). The molecular weight excluding hydrogens is 358 g/mol. The van der Waals surface area contributed by atoms with Gasteiger partial charge in [0.05, 0.1) is 35.5 Å². The normalized spacial score (nSPS) is 17.4. The Kier molecular flexibility index (Phi) is 4.75. The summed E-state index contributed by atoms with van der Waals surface area (Å²) in [6.07, 6.45) is 1.78. The zero-order valence-corrected chi connectivity index (χ0v) is 17.3. The Morgan fingerprint density at radius 3 is 2.07 bits per heavy atom. The Bertz CT molecular complexity index is 924. The molecule has 2 aliphatic rings. The number of benzene rings is 2. The van der Waals surface area contributed by atoms with Gasteiger partial charge in [-0.05, 0) is 37.1 Å². The average Bonchev–Trinajstić information content (AvgIpc) is 2.73. The molecule has 0 saturated heterocycles. The van der Waals surface area contributed by atoms with Crippen molar-refractivity contribution in [2.24, 2.45) is 0 Å². The molecule has 0 N–H and O–H groups in total. The van der Waals surface area contributed by atoms with E-state index in [4.69, 9.17) is 23.7 Å². The molecule has 150 valence electrons. The van der Waals surface area contributed by atoms with E-state index in [1.807, 2.05) is 6.07 Å². The van der Waals surface area contributed by atoms with Gasteiger partial charge in [0.15, 0.2) is 23.0 Å². The van der Waals surface area contributed by atoms with Crippen LogP contribution in [0, 0.1) is 0 Å². The van der Waals surface area contributed by atoms with E-state index in [0.29, 0.717) is 17.2 Å². The first-order chi connectivity index (χ1) is 13.6. The second-order valence-corrected chi connectivity index (χ2v) is 7.15. The SMILES string of the molecule is COc1ccc2c(c1OC)-c1c(OC)c(OC)c(OC)c3c1[C@H](C2)N(C)CC3. The monoisotopic (exact) mass is 385 g/mol. The molecule has 6 heteroatoms. The van der Waals surface area contributed by atoms with Crippen molar-refractivity contribution in [3.05, 3.63) is 28.8 Å². The Morgan fingerprint density at radius 2 is 1.46 bits per heavy atom. The Balaban J connectivity index is 2.17. The van der Waals surface area contributed by atoms with Gasteiger partial charge in [0.1, 0.15) is 0 Å². The largest absolute Gasteiger partial charge is 0.493 e. The van der Waals surface area contributed by atoms with E-state index in [1.54, 1.807) is 35.5 Å². The number of hydrogen-bond donors (Lipinski definition) is 0. The first kappa shape index (κ1) is 18.7. The van der Waals surface area contributed by atoms with Crippen molar-refractivity contribution in [2.75, 3.05) is 49.1 Å². The van der Waals surface area contributed by atoms with Crippen molar-refractivity contribution < 1.29 is 23.7 Å². The number of fused-ring (bicyclic) bond motifs is 2. The van der Waals surface area contributed by atoms with E-state index in [9.17, 15) is 0 Å². The molecule has 0 aromatic heterocycles. The molecular formula is C22H27NO5. The van der Waals surface area contributed by atoms with Gasteiger partial charge in [0.25, 0.3) is 0 Å². The van der Waals surface area contributed by atoms with Crippen LogP contribution in [0.1, 0.15) is 22.7 Å². The van der Waals surface area contributed by atoms with Crippen LogP contribution in [0.15, 0.2) is 12.1 Å². The number of methoxy groups -OCH3 is 5. The van der Waals surface area contributed by atoms with Gasteiger partial charge in [0, 0.05) is 29.3 Å². The quantitative estimate of drug-likeness (QED) is 0.785. The molecule has 0 saturated carbocycles. The highest BCUT2D eigenvalue weighted by molar-refractivity contribution is 5.90. The van der Waals surface area contributed by atoms with Crippen molar-refractivity contribution >= 4 is 0 Å². The zero-order chi connectivity index (χ0) is 20.0. The highest BCUT2D eigenvalue weighted by atomic mass is 16.5. The van der Waals surface area contributed by atoms with Gasteiger partial charge < -0.3 is 23.7 Å². The summed E-state index contributed by atoms with van der Waals surface area (Å²) in [7, 11) is 10.5. The van der Waals surface area contributed by atoms with Crippen LogP contribution in [-0.4, -0.2) is 54.0 Å². The van der Waals surface area contributed by atoms with Crippen molar-refractivity contribution in [3.63, 3.8) is 0 Å². The predicted molar refractivity (Wildman–Crippen MR) is 107 cm³/mol. The maximum Gasteiger partial charge on any atom is 0.204 e. The van der Waals surface area contributed by atoms with Gasteiger partial charge in [0.2, 0.25) is 5.75 Å². The molecule has 0 bridgehead atoms. The summed E-state index contributed by atoms with van der Waals surface area (Å²) in [5.74, 6) is 3.49. The molecule has 2 aromatic rings. The first-order valence-corrected chi connectivity index (χ1v) is 9.40. The van der Waals surface area contributed by atoms with Gasteiger partial charge in [-0.25, -0.2) is 0 Å². The third kappa shape index (κ3) is 2.44. The maximum atomic E-state index is 5.89. The summed E-state index contributed by atoms with van der Waals surface area (Å²) in [5, 5.41) is 0. The van der Waals surface area contributed by atoms with Gasteiger partial charge >= 0.3 is 0 Å². The Morgan fingerprint density at radius 1 is 0.786 bits per heavy atom. The van der Waals surface area contributed by atoms with Crippen LogP contribution in [0.25, 0.3) is 11.1 Å². The molecule has 28 heavy (non-hydrogen) atoms. The van der Waals surface area contributed by atoms with Gasteiger partial charge in [-0.1, -0.05) is 6.07 Å². The van der Waals surface area contributed by atoms with E-state index in [-0.39, 0.29) is 6.04 Å². The number of nitrogens with zero attached hydrogens (tertiary/aromatic N) is 1. The smallest absolute Gasteiger partial charge is 0.204 e. The number of likely N-dealkylation sites (N-methyl/N-ethyl adjacent to an activating group) is 1. The van der Waals surface area contributed by atoms with E-state index in [1.165, 1.54) is 16.7 Å². The molecule has 1 atom stereocenters. The van der Waals surface area contributed by atoms with Crippen molar-refractivity contribution in [3.8, 4) is 39.9 Å². The lowest BCUT2D eigenvalue weighted by Crippen LogP contribution is -2.36. The number of hydrogen-bond acceptors (Lipinski definition) is 6. The third-order valence-corrected chi connectivity index (χ3v) is 6.00. The molecule has 1 heterocycles. The van der Waals surface area contributed by atoms with Gasteiger partial charge in [-0.2, -0.15) is 0 Å². The fraction of sp³-hybridized carbons (Fsp3) is 0.455. The second kappa shape index (κ2) is 7.09. The second-order valence-electron chi connectivity index (χ2n) is 7.15. The minimum Gasteiger partial charge on any atom is -0.493 e. The molecule has 6 nitrogen and oxygen atoms in total. The zero-order valence-electron chi connectivity index (χ0n) is 17.3. The summed E-state index contributed by atoms with van der Waals surface area (Å²) in [5.41, 5.74) is 5.67. The summed E-state index contributed by atoms with van der Waals surface area (Å²) in [6.45, 7) is 0.964. The molecule has 1 aliphatic heterocycles. The van der Waals surface area contributed by atoms with Crippen LogP contribution < -0.4 is 23.7 Å². The molecule has 0 unspecified atom stereocenters. The maximum absolute atomic E-state index is 5.89. The number of rotatable bonds is 5. The summed E-state index contributed by atoms with van der Waals surface area (Å²) in [6, 6.07) is 4.34. The van der Waals surface area contributed by atoms with E-state index in [2.05, 4.69) is 18.0 Å². The lowest BCUT2D eigenvalue weighted by atomic mass is 9.75. The lowest BCUT2D eigenvalue weighted by Gasteiger charge is -2.41. The third-order valence-electron chi connectivity index (χ3n) is 6.00. The molecule has 0 radical (unpaired) electrons. The summed E-state index contributed by atoms with van der Waals surface area (Å²) >= 11 is 0. The Labute approximate surface area is 165 Å². The van der Waals surface area contributed by atoms with Crippen molar-refractivity contribution in [2.45, 2.75) is 18.9 Å². The van der Waals surface area contributed by atoms with E-state index < -0.39 is 0 Å². The average molecular weight is 385 g/mol. The minimum atomic E-state index is 0.248. The first-order valence-electron chi connectivity index (χ1n) is 9.40. The molecule has 0 amide bonds. The van der Waals surface area contributed by atoms with Crippen LogP contribution in [0.4, 0.5) is 0 Å². The van der Waals surface area contributed by atoms with Crippen LogP contribution in [-0.2, 0) is 12.8 Å². The summed E-state index contributed by atoms with van der Waals surface area (Å²) in [4.78, 5) is 2.40. The van der Waals surface area contributed by atoms with Crippen molar-refractivity contribution in [1.82, 2.24) is 4.90 Å². The highest BCUT2D eigenvalue weighted by Gasteiger charge is 2.40. The van der Waals surface area contributed by atoms with Crippen LogP contribution in [0.2, 0.25) is 0 Å². The standard InChI is InChI=1S/C22H27NO5/c1-23-10-9-13-17-14(23)11-12-7-8-15(24-2)20(26-4)16(12)18(17)21(27-5)22(28-6)19(13)25-3/h7-8,14H,9-11H2,1-6H3/t14-/m0/s1. The molecule has 0 fully saturated rings. The van der Waals surface area contributed by atoms with Gasteiger partial charge in [-0.15, -0.1) is 0 Å². The number of ether oxygens (including phenoxy) is 5. The van der Waals surface area contributed by atoms with E-state index >= 15 is 0 Å². The molecule has 2 aromatic carbocycles. The van der Waals surface area contributed by atoms with Gasteiger partial charge in [-0.3, -0.25) is 4.90 Å². The fourth-order valence-corrected chi connectivity index (χ4v) is 4.75. The molecule has 1 aliphatic carbocycles. The fourth-order valence-electron chi connectivity index (χ4n) is 4.75. The van der Waals surface area contributed by atoms with Crippen molar-refractivity contribution in [1.29, 1.82) is 0 Å². The predicted octanol–water partition coefficient (Wildman–Crippen LogP) is 3.48. The molecule has 0 spiro atoms. The summed E-state index contributed by atoms with van der Waals surface area (Å²) < 4.78 is 28.8.